The van der Waals surface area contributed by atoms with Crippen LogP contribution >= 0.6 is 23.5 Å². The van der Waals surface area contributed by atoms with Crippen LogP contribution in [0.5, 0.6) is 0 Å². The van der Waals surface area contributed by atoms with Gasteiger partial charge in [0.05, 0.1) is 0 Å². The lowest BCUT2D eigenvalue weighted by molar-refractivity contribution is 0.104. The fourth-order valence-electron chi connectivity index (χ4n) is 2.36. The molecule has 0 saturated heterocycles. The van der Waals surface area contributed by atoms with Crippen LogP contribution < -0.4 is 0 Å². The van der Waals surface area contributed by atoms with Crippen LogP contribution in [0.15, 0.2) is 88.0 Å². The van der Waals surface area contributed by atoms with Crippen molar-refractivity contribution >= 4 is 40.1 Å². The Morgan fingerprint density at radius 1 is 0.870 bits per heavy atom. The predicted molar refractivity (Wildman–Crippen MR) is 102 cm³/mol. The average Bonchev–Trinajstić information content (AvgIpc) is 2.61. The minimum atomic E-state index is 0.0505. The van der Waals surface area contributed by atoms with Gasteiger partial charge in [-0.05, 0) is 29.2 Å². The summed E-state index contributed by atoms with van der Waals surface area (Å²) in [7, 11) is 0. The van der Waals surface area contributed by atoms with Gasteiger partial charge in [-0.15, -0.1) is 11.8 Å². The number of benzene rings is 3. The minimum absolute atomic E-state index is 0.0505. The molecule has 0 aromatic heterocycles. The van der Waals surface area contributed by atoms with Crippen LogP contribution in [0, 0.1) is 0 Å². The Morgan fingerprint density at radius 3 is 2.35 bits per heavy atom. The summed E-state index contributed by atoms with van der Waals surface area (Å²) in [6.45, 7) is 0. The van der Waals surface area contributed by atoms with Crippen LogP contribution in [0.3, 0.4) is 0 Å². The van der Waals surface area contributed by atoms with Crippen molar-refractivity contribution in [2.45, 2.75) is 4.90 Å². The summed E-state index contributed by atoms with van der Waals surface area (Å²) in [4.78, 5) is 13.9. The maximum absolute atomic E-state index is 12.7. The van der Waals surface area contributed by atoms with E-state index in [0.717, 1.165) is 25.5 Å². The Hall–Kier alpha value is -1.97. The molecule has 0 aliphatic heterocycles. The van der Waals surface area contributed by atoms with Gasteiger partial charge in [-0.1, -0.05) is 72.4 Å². The summed E-state index contributed by atoms with van der Waals surface area (Å²) < 4.78 is 0.995. The second kappa shape index (κ2) is 7.53. The van der Waals surface area contributed by atoms with Crippen molar-refractivity contribution in [3.8, 4) is 0 Å². The average molecular weight is 336 g/mol. The SMILES string of the molecule is CS/C(=C/C(=O)c1cccc2ccccc12)Sc1ccccc1. The number of hydrogen-bond acceptors (Lipinski definition) is 3. The predicted octanol–water partition coefficient (Wildman–Crippen LogP) is 6.02. The summed E-state index contributed by atoms with van der Waals surface area (Å²) in [5.41, 5.74) is 0.753. The monoisotopic (exact) mass is 336 g/mol. The smallest absolute Gasteiger partial charge is 0.188 e. The van der Waals surface area contributed by atoms with E-state index in [-0.39, 0.29) is 5.78 Å². The van der Waals surface area contributed by atoms with Crippen molar-refractivity contribution in [3.63, 3.8) is 0 Å². The highest BCUT2D eigenvalue weighted by atomic mass is 32.2. The van der Waals surface area contributed by atoms with Gasteiger partial charge in [0.2, 0.25) is 0 Å². The molecule has 114 valence electrons. The molecule has 0 heterocycles. The molecule has 0 spiro atoms. The van der Waals surface area contributed by atoms with Crippen molar-refractivity contribution in [2.24, 2.45) is 0 Å². The molecule has 0 saturated carbocycles. The first-order valence-electron chi connectivity index (χ1n) is 7.28. The van der Waals surface area contributed by atoms with Crippen LogP contribution in [-0.2, 0) is 0 Å². The lowest BCUT2D eigenvalue weighted by Crippen LogP contribution is -1.96. The summed E-state index contributed by atoms with van der Waals surface area (Å²) in [5, 5.41) is 2.09. The molecule has 0 amide bonds. The molecule has 3 rings (SSSR count). The fourth-order valence-corrected chi connectivity index (χ4v) is 3.90. The van der Waals surface area contributed by atoms with Gasteiger partial charge in [0.15, 0.2) is 5.78 Å². The number of rotatable bonds is 5. The molecular weight excluding hydrogens is 320 g/mol. The summed E-state index contributed by atoms with van der Waals surface area (Å²) in [6.07, 6.45) is 3.74. The summed E-state index contributed by atoms with van der Waals surface area (Å²) >= 11 is 3.22. The molecule has 0 aliphatic carbocycles. The maximum Gasteiger partial charge on any atom is 0.188 e. The van der Waals surface area contributed by atoms with E-state index in [0.29, 0.717) is 0 Å². The van der Waals surface area contributed by atoms with Gasteiger partial charge in [-0.3, -0.25) is 4.79 Å². The number of carbonyl (C=O) groups excluding carboxylic acids is 1. The zero-order chi connectivity index (χ0) is 16.1. The minimum Gasteiger partial charge on any atom is -0.289 e. The molecule has 0 aliphatic rings. The maximum atomic E-state index is 12.7. The molecule has 3 aromatic rings. The van der Waals surface area contributed by atoms with Crippen LogP contribution in [-0.4, -0.2) is 12.0 Å². The quantitative estimate of drug-likeness (QED) is 0.322. The topological polar surface area (TPSA) is 17.1 Å². The van der Waals surface area contributed by atoms with E-state index in [4.69, 9.17) is 0 Å². The van der Waals surface area contributed by atoms with Gasteiger partial charge >= 0.3 is 0 Å². The van der Waals surface area contributed by atoms with Crippen LogP contribution in [0.1, 0.15) is 10.4 Å². The van der Waals surface area contributed by atoms with Crippen molar-refractivity contribution in [2.75, 3.05) is 6.26 Å². The molecule has 0 N–H and O–H groups in total. The number of fused-ring (bicyclic) bond motifs is 1. The van der Waals surface area contributed by atoms with Crippen molar-refractivity contribution in [1.82, 2.24) is 0 Å². The molecule has 23 heavy (non-hydrogen) atoms. The normalized spacial score (nSPS) is 11.6. The van der Waals surface area contributed by atoms with Gasteiger partial charge in [-0.2, -0.15) is 0 Å². The molecule has 0 fully saturated rings. The molecule has 0 atom stereocenters. The first-order chi connectivity index (χ1) is 11.3. The van der Waals surface area contributed by atoms with Gasteiger partial charge in [0.25, 0.3) is 0 Å². The molecule has 0 bridgehead atoms. The van der Waals surface area contributed by atoms with E-state index < -0.39 is 0 Å². The zero-order valence-corrected chi connectivity index (χ0v) is 14.4. The number of ketones is 1. The number of hydrogen-bond donors (Lipinski definition) is 0. The third kappa shape index (κ3) is 3.87. The van der Waals surface area contributed by atoms with Crippen molar-refractivity contribution in [3.05, 3.63) is 88.7 Å². The molecule has 3 aromatic carbocycles. The van der Waals surface area contributed by atoms with Crippen molar-refractivity contribution in [1.29, 1.82) is 0 Å². The Morgan fingerprint density at radius 2 is 1.57 bits per heavy atom. The first kappa shape index (κ1) is 15.9. The largest absolute Gasteiger partial charge is 0.289 e. The van der Waals surface area contributed by atoms with E-state index in [9.17, 15) is 4.79 Å². The van der Waals surface area contributed by atoms with Crippen LogP contribution in [0.2, 0.25) is 0 Å². The van der Waals surface area contributed by atoms with Gasteiger partial charge < -0.3 is 0 Å². The van der Waals surface area contributed by atoms with E-state index >= 15 is 0 Å². The fraction of sp³-hybridized carbons (Fsp3) is 0.0500. The number of carbonyl (C=O) groups is 1. The Balaban J connectivity index is 1.91. The highest BCUT2D eigenvalue weighted by Gasteiger charge is 2.09. The number of thioether (sulfide) groups is 2. The number of allylic oxidation sites excluding steroid dienone is 1. The second-order valence-corrected chi connectivity index (χ2v) is 7.20. The Labute approximate surface area is 144 Å². The molecule has 0 radical (unpaired) electrons. The third-order valence-electron chi connectivity index (χ3n) is 3.47. The lowest BCUT2D eigenvalue weighted by Gasteiger charge is -2.06. The Bertz CT molecular complexity index is 848. The van der Waals surface area contributed by atoms with Gasteiger partial charge in [0.1, 0.15) is 0 Å². The van der Waals surface area contributed by atoms with Crippen LogP contribution in [0.4, 0.5) is 0 Å². The van der Waals surface area contributed by atoms with E-state index in [1.165, 1.54) is 0 Å². The zero-order valence-electron chi connectivity index (χ0n) is 12.7. The summed E-state index contributed by atoms with van der Waals surface area (Å²) in [5.74, 6) is 0.0505. The van der Waals surface area contributed by atoms with Gasteiger partial charge in [-0.25, -0.2) is 0 Å². The highest BCUT2D eigenvalue weighted by Crippen LogP contribution is 2.33. The standard InChI is InChI=1S/C20H16OS2/c1-22-20(23-16-10-3-2-4-11-16)14-19(21)18-13-7-9-15-8-5-6-12-17(15)18/h2-14H,1H3/b20-14-. The van der Waals surface area contributed by atoms with Crippen molar-refractivity contribution < 1.29 is 4.79 Å². The molecule has 3 heteroatoms. The summed E-state index contributed by atoms with van der Waals surface area (Å²) in [6, 6.07) is 24.0. The van der Waals surface area contributed by atoms with E-state index in [2.05, 4.69) is 12.1 Å². The lowest BCUT2D eigenvalue weighted by atomic mass is 10.0. The Kier molecular flexibility index (Phi) is 5.21. The highest BCUT2D eigenvalue weighted by molar-refractivity contribution is 8.22. The first-order valence-corrected chi connectivity index (χ1v) is 9.33. The van der Waals surface area contributed by atoms with E-state index in [1.807, 2.05) is 66.9 Å². The molecule has 1 nitrogen and oxygen atoms in total. The van der Waals surface area contributed by atoms with Crippen LogP contribution in [0.25, 0.3) is 10.8 Å². The molecule has 0 unspecified atom stereocenters. The molecular formula is C20H16OS2. The second-order valence-electron chi connectivity index (χ2n) is 4.97. The third-order valence-corrected chi connectivity index (χ3v) is 5.56. The van der Waals surface area contributed by atoms with E-state index in [1.54, 1.807) is 29.6 Å². The van der Waals surface area contributed by atoms with Gasteiger partial charge in [0, 0.05) is 20.8 Å².